The number of benzene rings is 1. The molecule has 5 fully saturated rings. The van der Waals surface area contributed by atoms with Crippen molar-refractivity contribution in [3.8, 4) is 6.07 Å². The summed E-state index contributed by atoms with van der Waals surface area (Å²) in [4.78, 5) is 13.1. The lowest BCUT2D eigenvalue weighted by molar-refractivity contribution is -0.114. The number of rotatable bonds is 9. The third-order valence-corrected chi connectivity index (χ3v) is 11.1. The molecule has 5 aliphatic carbocycles. The number of nitrogens with one attached hydrogen (secondary N) is 2. The van der Waals surface area contributed by atoms with Crippen molar-refractivity contribution >= 4 is 23.5 Å². The maximum atomic E-state index is 10.0. The van der Waals surface area contributed by atoms with Crippen LogP contribution in [0.2, 0.25) is 0 Å². The maximum Gasteiger partial charge on any atom is 0.224 e. The van der Waals surface area contributed by atoms with Gasteiger partial charge in [0, 0.05) is 30.1 Å². The summed E-state index contributed by atoms with van der Waals surface area (Å²) in [5, 5.41) is 26.8. The van der Waals surface area contributed by atoms with E-state index < -0.39 is 0 Å². The zero-order valence-corrected chi connectivity index (χ0v) is 24.1. The Morgan fingerprint density at radius 3 is 2.56 bits per heavy atom. The van der Waals surface area contributed by atoms with E-state index in [2.05, 4.69) is 64.2 Å². The number of nitrogens with zero attached hydrogens (tertiary/aromatic N) is 4. The topological polar surface area (TPSA) is 97.1 Å². The van der Waals surface area contributed by atoms with Gasteiger partial charge in [0.2, 0.25) is 5.95 Å². The van der Waals surface area contributed by atoms with Crippen molar-refractivity contribution in [2.75, 3.05) is 30.5 Å². The molecule has 39 heavy (non-hydrogen) atoms. The lowest BCUT2D eigenvalue weighted by Crippen LogP contribution is -2.61. The van der Waals surface area contributed by atoms with Crippen molar-refractivity contribution in [1.29, 1.82) is 5.26 Å². The molecule has 3 N–H and O–H groups in total. The minimum absolute atomic E-state index is 0.0931. The van der Waals surface area contributed by atoms with Crippen molar-refractivity contribution < 1.29 is 5.11 Å². The molecule has 5 saturated carbocycles. The molecule has 7 nitrogen and oxygen atoms in total. The second-order valence-electron chi connectivity index (χ2n) is 12.7. The molecule has 0 saturated heterocycles. The molecule has 208 valence electrons. The van der Waals surface area contributed by atoms with Crippen LogP contribution in [0.5, 0.6) is 0 Å². The number of aliphatic hydroxyl groups excluding tert-OH is 1. The van der Waals surface area contributed by atoms with Crippen LogP contribution in [0.4, 0.5) is 11.8 Å². The molecule has 5 atom stereocenters. The van der Waals surface area contributed by atoms with Gasteiger partial charge < -0.3 is 15.7 Å². The zero-order chi connectivity index (χ0) is 27.0. The fourth-order valence-electron chi connectivity index (χ4n) is 8.73. The van der Waals surface area contributed by atoms with Crippen LogP contribution in [0.15, 0.2) is 35.4 Å². The molecule has 0 spiro atoms. The molecule has 1 aromatic heterocycles. The van der Waals surface area contributed by atoms with Crippen molar-refractivity contribution in [2.45, 2.75) is 87.4 Å². The summed E-state index contributed by atoms with van der Waals surface area (Å²) in [5.74, 6) is 3.54. The zero-order valence-electron chi connectivity index (χ0n) is 23.3. The average Bonchev–Trinajstić information content (AvgIpc) is 2.95. The third kappa shape index (κ3) is 5.51. The summed E-state index contributed by atoms with van der Waals surface area (Å²) in [7, 11) is 2.37. The van der Waals surface area contributed by atoms with Crippen LogP contribution in [-0.4, -0.2) is 58.0 Å². The Hall–Kier alpha value is -2.34. The average molecular weight is 547 g/mol. The molecule has 0 radical (unpaired) electrons. The van der Waals surface area contributed by atoms with Gasteiger partial charge >= 0.3 is 0 Å². The summed E-state index contributed by atoms with van der Waals surface area (Å²) in [5.41, 5.74) is 2.01. The van der Waals surface area contributed by atoms with E-state index in [0.29, 0.717) is 41.4 Å². The van der Waals surface area contributed by atoms with Crippen LogP contribution in [0.1, 0.15) is 68.9 Å². The van der Waals surface area contributed by atoms with Gasteiger partial charge in [-0.15, -0.1) is 11.8 Å². The summed E-state index contributed by atoms with van der Waals surface area (Å²) >= 11 is 1.74. The lowest BCUT2D eigenvalue weighted by Gasteiger charge is -2.62. The molecular weight excluding hydrogens is 504 g/mol. The molecule has 5 aliphatic rings. The first-order valence-corrected chi connectivity index (χ1v) is 16.0. The lowest BCUT2D eigenvalue weighted by atomic mass is 9.47. The van der Waals surface area contributed by atoms with Crippen molar-refractivity contribution in [3.05, 3.63) is 41.6 Å². The Balaban J connectivity index is 1.12. The number of aliphatic hydroxyl groups is 1. The van der Waals surface area contributed by atoms with Crippen LogP contribution < -0.4 is 10.6 Å². The van der Waals surface area contributed by atoms with Crippen molar-refractivity contribution in [3.63, 3.8) is 0 Å². The highest BCUT2D eigenvalue weighted by atomic mass is 32.2. The minimum Gasteiger partial charge on any atom is -0.393 e. The second-order valence-corrected chi connectivity index (χ2v) is 13.5. The molecule has 0 aliphatic heterocycles. The molecule has 8 heteroatoms. The first-order chi connectivity index (χ1) is 19.0. The van der Waals surface area contributed by atoms with E-state index in [1.54, 1.807) is 18.0 Å². The number of hydrogen-bond donors (Lipinski definition) is 3. The molecule has 0 amide bonds. The summed E-state index contributed by atoms with van der Waals surface area (Å²) < 4.78 is 0. The molecule has 1 heterocycles. The molecular formula is C31H42N6OS. The Morgan fingerprint density at radius 1 is 1.10 bits per heavy atom. The standard InChI is InChI=1S/C31H42N6OS/c1-37(25-7-9-26(38)10-8-25)28-22-11-20-12-23(28)15-31(13-20,14-22)19-35-29-24(16-32)18-34-30(36-29)33-17-21-5-3-4-6-27(21)39-2/h3-6,18,20,22-23,25-26,28,38H,7-15,17,19H2,1-2H3,(H2,33,34,35,36)/t20?,22-,23+,25-,26-,28-,31-. The summed E-state index contributed by atoms with van der Waals surface area (Å²) in [6, 6.07) is 12.0. The van der Waals surface area contributed by atoms with Gasteiger partial charge in [-0.05, 0) is 106 Å². The number of nitriles is 1. The van der Waals surface area contributed by atoms with Gasteiger partial charge in [0.05, 0.1) is 12.3 Å². The smallest absolute Gasteiger partial charge is 0.224 e. The van der Waals surface area contributed by atoms with Gasteiger partial charge in [-0.2, -0.15) is 10.2 Å². The van der Waals surface area contributed by atoms with E-state index >= 15 is 0 Å². The maximum absolute atomic E-state index is 10.0. The molecule has 7 rings (SSSR count). The van der Waals surface area contributed by atoms with Crippen LogP contribution in [0.25, 0.3) is 0 Å². The SMILES string of the molecule is CSc1ccccc1CNc1ncc(C#N)c(NC[C@]23CC4C[C@H](C2)[C@@H](N(C)[C@H]2CC[C@H](O)CC2)[C@@H](C4)C3)n1. The van der Waals surface area contributed by atoms with Gasteiger partial charge in [0.25, 0.3) is 0 Å². The molecule has 2 aromatic rings. The normalized spacial score (nSPS) is 33.2. The van der Waals surface area contributed by atoms with Crippen molar-refractivity contribution in [1.82, 2.24) is 14.9 Å². The fraction of sp³-hybridized carbons (Fsp3) is 0.645. The van der Waals surface area contributed by atoms with Crippen LogP contribution in [0.3, 0.4) is 0 Å². The molecule has 1 unspecified atom stereocenters. The number of hydrogen-bond acceptors (Lipinski definition) is 8. The number of anilines is 2. The minimum atomic E-state index is -0.0931. The van der Waals surface area contributed by atoms with Crippen LogP contribution in [-0.2, 0) is 6.54 Å². The summed E-state index contributed by atoms with van der Waals surface area (Å²) in [6.07, 6.45) is 14.4. The van der Waals surface area contributed by atoms with E-state index in [1.807, 2.05) is 0 Å². The van der Waals surface area contributed by atoms with Gasteiger partial charge in [-0.25, -0.2) is 4.98 Å². The quantitative estimate of drug-likeness (QED) is 0.354. The Labute approximate surface area is 237 Å². The number of aromatic nitrogens is 2. The highest BCUT2D eigenvalue weighted by molar-refractivity contribution is 7.98. The number of thioether (sulfide) groups is 1. The van der Waals surface area contributed by atoms with E-state index in [4.69, 9.17) is 4.98 Å². The van der Waals surface area contributed by atoms with Gasteiger partial charge in [0.1, 0.15) is 17.5 Å². The Morgan fingerprint density at radius 2 is 1.85 bits per heavy atom. The first-order valence-electron chi connectivity index (χ1n) is 14.7. The van der Waals surface area contributed by atoms with Crippen LogP contribution in [0, 0.1) is 34.5 Å². The van der Waals surface area contributed by atoms with Gasteiger partial charge in [-0.1, -0.05) is 18.2 Å². The highest BCUT2D eigenvalue weighted by Gasteiger charge is 2.56. The van der Waals surface area contributed by atoms with Crippen molar-refractivity contribution in [2.24, 2.45) is 23.2 Å². The molecule has 4 bridgehead atoms. The van der Waals surface area contributed by atoms with Gasteiger partial charge in [0.15, 0.2) is 0 Å². The molecule has 1 aromatic carbocycles. The fourth-order valence-corrected chi connectivity index (χ4v) is 9.35. The van der Waals surface area contributed by atoms with Gasteiger partial charge in [-0.3, -0.25) is 4.90 Å². The van der Waals surface area contributed by atoms with E-state index in [0.717, 1.165) is 50.0 Å². The third-order valence-electron chi connectivity index (χ3n) is 10.2. The summed E-state index contributed by atoms with van der Waals surface area (Å²) in [6.45, 7) is 1.52. The largest absolute Gasteiger partial charge is 0.393 e. The first kappa shape index (κ1) is 26.9. The predicted molar refractivity (Wildman–Crippen MR) is 157 cm³/mol. The second kappa shape index (κ2) is 11.3. The van der Waals surface area contributed by atoms with E-state index in [9.17, 15) is 10.4 Å². The van der Waals surface area contributed by atoms with E-state index in [1.165, 1.54) is 42.6 Å². The predicted octanol–water partition coefficient (Wildman–Crippen LogP) is 5.52. The highest BCUT2D eigenvalue weighted by Crippen LogP contribution is 2.61. The van der Waals surface area contributed by atoms with E-state index in [-0.39, 0.29) is 6.10 Å². The van der Waals surface area contributed by atoms with Crippen LogP contribution >= 0.6 is 11.8 Å². The Bertz CT molecular complexity index is 1190. The monoisotopic (exact) mass is 546 g/mol. The Kier molecular flexibility index (Phi) is 7.76.